The number of rotatable bonds is 3. The van der Waals surface area contributed by atoms with Gasteiger partial charge in [0.15, 0.2) is 5.96 Å². The van der Waals surface area contributed by atoms with E-state index in [2.05, 4.69) is 44.5 Å². The molecule has 0 aromatic carbocycles. The van der Waals surface area contributed by atoms with E-state index < -0.39 is 0 Å². The van der Waals surface area contributed by atoms with Gasteiger partial charge in [-0.15, -0.1) is 35.3 Å². The fourth-order valence-corrected chi connectivity index (χ4v) is 4.48. The first-order valence-corrected chi connectivity index (χ1v) is 9.22. The summed E-state index contributed by atoms with van der Waals surface area (Å²) >= 11 is 5.25. The van der Waals surface area contributed by atoms with Gasteiger partial charge in [0.1, 0.15) is 0 Å². The molecule has 3 heterocycles. The Morgan fingerprint density at radius 1 is 1.55 bits per heavy atom. The molecule has 1 aromatic rings. The topological polar surface area (TPSA) is 36.9 Å². The minimum Gasteiger partial charge on any atom is -0.381 e. The summed E-state index contributed by atoms with van der Waals surface area (Å²) in [6.45, 7) is 7.79. The maximum absolute atomic E-state index is 5.61. The van der Waals surface area contributed by atoms with Crippen molar-refractivity contribution in [3.8, 4) is 0 Å². The fourth-order valence-electron chi connectivity index (χ4n) is 3.10. The predicted molar refractivity (Wildman–Crippen MR) is 106 cm³/mol. The van der Waals surface area contributed by atoms with E-state index in [1.54, 1.807) is 11.3 Å². The molecular weight excluding hydrogens is 477 g/mol. The third-order valence-corrected chi connectivity index (χ3v) is 5.95. The zero-order valence-corrected chi connectivity index (χ0v) is 17.5. The molecule has 1 spiro atoms. The number of hydrogen-bond donors (Lipinski definition) is 1. The van der Waals surface area contributed by atoms with Crippen LogP contribution in [0.3, 0.4) is 0 Å². The molecule has 0 bridgehead atoms. The van der Waals surface area contributed by atoms with Gasteiger partial charge in [-0.2, -0.15) is 0 Å². The number of halogens is 2. The van der Waals surface area contributed by atoms with Crippen LogP contribution in [0, 0.1) is 5.41 Å². The molecule has 1 aromatic heterocycles. The Morgan fingerprint density at radius 2 is 2.41 bits per heavy atom. The summed E-state index contributed by atoms with van der Waals surface area (Å²) in [5, 5.41) is 5.55. The predicted octanol–water partition coefficient (Wildman–Crippen LogP) is 3.71. The smallest absolute Gasteiger partial charge is 0.194 e. The third-order valence-electron chi connectivity index (χ3n) is 4.26. The van der Waals surface area contributed by atoms with Crippen molar-refractivity contribution >= 4 is 57.2 Å². The molecule has 2 aliphatic heterocycles. The Hall–Kier alpha value is 0.140. The molecule has 2 fully saturated rings. The number of guanidine groups is 1. The van der Waals surface area contributed by atoms with E-state index in [1.165, 1.54) is 17.7 Å². The Kier molecular flexibility index (Phi) is 6.97. The number of likely N-dealkylation sites (tertiary alicyclic amines) is 1. The van der Waals surface area contributed by atoms with Gasteiger partial charge in [0.25, 0.3) is 0 Å². The Labute approximate surface area is 161 Å². The molecule has 0 radical (unpaired) electrons. The molecule has 2 aliphatic rings. The van der Waals surface area contributed by atoms with E-state index in [0.29, 0.717) is 5.41 Å². The molecule has 3 rings (SSSR count). The van der Waals surface area contributed by atoms with Crippen LogP contribution in [0.5, 0.6) is 0 Å². The normalized spacial score (nSPS) is 24.8. The summed E-state index contributed by atoms with van der Waals surface area (Å²) in [4.78, 5) is 8.50. The lowest BCUT2D eigenvalue weighted by Gasteiger charge is -2.24. The van der Waals surface area contributed by atoms with Gasteiger partial charge in [-0.1, -0.05) is 0 Å². The molecular formula is C15H23BrIN3OS. The largest absolute Gasteiger partial charge is 0.381 e. The van der Waals surface area contributed by atoms with Crippen molar-refractivity contribution in [1.29, 1.82) is 0 Å². The summed E-state index contributed by atoms with van der Waals surface area (Å²) in [7, 11) is 0. The monoisotopic (exact) mass is 499 g/mol. The van der Waals surface area contributed by atoms with Crippen LogP contribution >= 0.6 is 51.2 Å². The van der Waals surface area contributed by atoms with Crippen molar-refractivity contribution in [3.63, 3.8) is 0 Å². The summed E-state index contributed by atoms with van der Waals surface area (Å²) in [5.41, 5.74) is 0.377. The quantitative estimate of drug-likeness (QED) is 0.391. The molecule has 1 unspecified atom stereocenters. The van der Waals surface area contributed by atoms with Crippen LogP contribution in [0.15, 0.2) is 20.9 Å². The molecule has 0 aliphatic carbocycles. The van der Waals surface area contributed by atoms with E-state index in [-0.39, 0.29) is 24.0 Å². The zero-order chi connectivity index (χ0) is 14.7. The zero-order valence-electron chi connectivity index (χ0n) is 12.8. The molecule has 22 heavy (non-hydrogen) atoms. The average Bonchev–Trinajstić information content (AvgIpc) is 3.19. The van der Waals surface area contributed by atoms with Crippen LogP contribution in [0.1, 0.15) is 24.6 Å². The highest BCUT2D eigenvalue weighted by Gasteiger charge is 2.42. The van der Waals surface area contributed by atoms with Gasteiger partial charge < -0.3 is 15.0 Å². The van der Waals surface area contributed by atoms with Crippen LogP contribution < -0.4 is 5.32 Å². The van der Waals surface area contributed by atoms with Crippen molar-refractivity contribution in [1.82, 2.24) is 10.2 Å². The number of aliphatic imine (C=N–C) groups is 1. The van der Waals surface area contributed by atoms with Crippen molar-refractivity contribution in [2.24, 2.45) is 10.4 Å². The molecule has 2 saturated heterocycles. The first-order valence-electron chi connectivity index (χ1n) is 7.55. The third kappa shape index (κ3) is 4.36. The first-order chi connectivity index (χ1) is 10.2. The standard InChI is InChI=1S/C15H22BrN3OS.HI/c1-2-17-14(18-8-13-7-12(16)9-21-13)19-5-3-15(10-19)4-6-20-11-15;/h7,9H,2-6,8,10-11H2,1H3,(H,17,18);1H. The van der Waals surface area contributed by atoms with Crippen LogP contribution in [-0.4, -0.2) is 43.7 Å². The van der Waals surface area contributed by atoms with Crippen molar-refractivity contribution in [2.75, 3.05) is 32.8 Å². The number of thiophene rings is 1. The van der Waals surface area contributed by atoms with Crippen LogP contribution in [0.25, 0.3) is 0 Å². The fraction of sp³-hybridized carbons (Fsp3) is 0.667. The second kappa shape index (κ2) is 8.30. The number of hydrogen-bond acceptors (Lipinski definition) is 3. The van der Waals surface area contributed by atoms with Gasteiger partial charge in [0, 0.05) is 46.4 Å². The van der Waals surface area contributed by atoms with Gasteiger partial charge in [0.2, 0.25) is 0 Å². The summed E-state index contributed by atoms with van der Waals surface area (Å²) < 4.78 is 6.76. The maximum Gasteiger partial charge on any atom is 0.194 e. The second-order valence-electron chi connectivity index (χ2n) is 5.88. The average molecular weight is 500 g/mol. The lowest BCUT2D eigenvalue weighted by Crippen LogP contribution is -2.41. The van der Waals surface area contributed by atoms with Gasteiger partial charge in [0.05, 0.1) is 13.2 Å². The van der Waals surface area contributed by atoms with Crippen molar-refractivity contribution < 1.29 is 4.74 Å². The van der Waals surface area contributed by atoms with Gasteiger partial charge >= 0.3 is 0 Å². The summed E-state index contributed by atoms with van der Waals surface area (Å²) in [5.74, 6) is 1.05. The molecule has 1 atom stereocenters. The van der Waals surface area contributed by atoms with Crippen LogP contribution in [0.2, 0.25) is 0 Å². The summed E-state index contributed by atoms with van der Waals surface area (Å²) in [6.07, 6.45) is 2.42. The highest BCUT2D eigenvalue weighted by Crippen LogP contribution is 2.38. The first kappa shape index (κ1) is 18.5. The summed E-state index contributed by atoms with van der Waals surface area (Å²) in [6, 6.07) is 2.15. The van der Waals surface area contributed by atoms with Crippen molar-refractivity contribution in [3.05, 3.63) is 20.8 Å². The van der Waals surface area contributed by atoms with Gasteiger partial charge in [-0.05, 0) is 41.8 Å². The van der Waals surface area contributed by atoms with E-state index in [1.807, 2.05) is 0 Å². The molecule has 0 saturated carbocycles. The lowest BCUT2D eigenvalue weighted by atomic mass is 9.87. The van der Waals surface area contributed by atoms with E-state index >= 15 is 0 Å². The lowest BCUT2D eigenvalue weighted by molar-refractivity contribution is 0.156. The Balaban J connectivity index is 0.00000176. The second-order valence-corrected chi connectivity index (χ2v) is 7.79. The SMILES string of the molecule is CCNC(=NCc1cc(Br)cs1)N1CCC2(CCOC2)C1.I. The van der Waals surface area contributed by atoms with E-state index in [9.17, 15) is 0 Å². The number of nitrogens with zero attached hydrogens (tertiary/aromatic N) is 2. The number of nitrogens with one attached hydrogen (secondary N) is 1. The highest BCUT2D eigenvalue weighted by molar-refractivity contribution is 14.0. The molecule has 7 heteroatoms. The van der Waals surface area contributed by atoms with Gasteiger partial charge in [-0.25, -0.2) is 4.99 Å². The van der Waals surface area contributed by atoms with Crippen molar-refractivity contribution in [2.45, 2.75) is 26.3 Å². The Morgan fingerprint density at radius 3 is 3.05 bits per heavy atom. The van der Waals surface area contributed by atoms with Gasteiger partial charge in [-0.3, -0.25) is 0 Å². The van der Waals surface area contributed by atoms with E-state index in [0.717, 1.165) is 49.8 Å². The highest BCUT2D eigenvalue weighted by atomic mass is 127. The molecule has 4 nitrogen and oxygen atoms in total. The molecule has 124 valence electrons. The number of ether oxygens (including phenoxy) is 1. The molecule has 1 N–H and O–H groups in total. The minimum atomic E-state index is 0. The van der Waals surface area contributed by atoms with E-state index in [4.69, 9.17) is 9.73 Å². The molecule has 0 amide bonds. The maximum atomic E-state index is 5.61. The Bertz CT molecular complexity index is 517. The van der Waals surface area contributed by atoms with Crippen LogP contribution in [-0.2, 0) is 11.3 Å². The minimum absolute atomic E-state index is 0. The van der Waals surface area contributed by atoms with Crippen LogP contribution in [0.4, 0.5) is 0 Å².